The smallest absolute Gasteiger partial charge is 0.323 e. The highest BCUT2D eigenvalue weighted by Crippen LogP contribution is 2.36. The van der Waals surface area contributed by atoms with E-state index in [9.17, 15) is 9.18 Å². The first-order valence-corrected chi connectivity index (χ1v) is 11.2. The fourth-order valence-electron chi connectivity index (χ4n) is 3.50. The highest BCUT2D eigenvalue weighted by atomic mass is 32.1. The number of carbonyl (C=O) groups excluding carboxylic acids is 1. The van der Waals surface area contributed by atoms with E-state index in [4.69, 9.17) is 9.47 Å². The lowest BCUT2D eigenvalue weighted by molar-refractivity contribution is 0.262. The number of aromatic nitrogens is 3. The molecule has 2 amide bonds. The van der Waals surface area contributed by atoms with Crippen LogP contribution in [0, 0.1) is 5.82 Å². The van der Waals surface area contributed by atoms with Crippen LogP contribution in [0.4, 0.5) is 31.5 Å². The van der Waals surface area contributed by atoms with Gasteiger partial charge in [-0.25, -0.2) is 24.1 Å². The van der Waals surface area contributed by atoms with Gasteiger partial charge in [-0.3, -0.25) is 0 Å². The first-order valence-electron chi connectivity index (χ1n) is 10.4. The summed E-state index contributed by atoms with van der Waals surface area (Å²) in [6, 6.07) is 14.2. The fraction of sp³-hybridized carbons (Fsp3) is 0.0833. The number of amides is 2. The predicted octanol–water partition coefficient (Wildman–Crippen LogP) is 5.78. The molecule has 3 aromatic carbocycles. The Balaban J connectivity index is 1.37. The maximum atomic E-state index is 13.3. The second kappa shape index (κ2) is 9.39. The van der Waals surface area contributed by atoms with Gasteiger partial charge in [0.05, 0.1) is 30.0 Å². The van der Waals surface area contributed by atoms with E-state index in [-0.39, 0.29) is 0 Å². The minimum Gasteiger partial charge on any atom is -0.493 e. The first kappa shape index (κ1) is 22.3. The Bertz CT molecular complexity index is 1560. The van der Waals surface area contributed by atoms with Crippen LogP contribution in [0.5, 0.6) is 11.5 Å². The van der Waals surface area contributed by atoms with Gasteiger partial charge in [-0.2, -0.15) is 0 Å². The van der Waals surface area contributed by atoms with Crippen LogP contribution in [0.2, 0.25) is 0 Å². The average Bonchev–Trinajstić information content (AvgIpc) is 3.25. The highest BCUT2D eigenvalue weighted by Gasteiger charge is 2.13. The Labute approximate surface area is 203 Å². The van der Waals surface area contributed by atoms with Gasteiger partial charge in [0.2, 0.25) is 0 Å². The molecule has 0 aliphatic rings. The third-order valence-electron chi connectivity index (χ3n) is 5.09. The molecule has 2 aromatic heterocycles. The Hall–Kier alpha value is -4.51. The molecule has 5 aromatic rings. The molecule has 0 aliphatic carbocycles. The number of fused-ring (bicyclic) bond motifs is 2. The second-order valence-corrected chi connectivity index (χ2v) is 8.39. The van der Waals surface area contributed by atoms with Crippen molar-refractivity contribution in [3.05, 3.63) is 66.7 Å². The van der Waals surface area contributed by atoms with Gasteiger partial charge in [0.25, 0.3) is 0 Å². The van der Waals surface area contributed by atoms with Crippen molar-refractivity contribution < 1.29 is 18.7 Å². The summed E-state index contributed by atoms with van der Waals surface area (Å²) in [5.41, 5.74) is 2.38. The Kier molecular flexibility index (Phi) is 5.98. The van der Waals surface area contributed by atoms with Crippen LogP contribution in [0.15, 0.2) is 60.9 Å². The molecule has 5 rings (SSSR count). The van der Waals surface area contributed by atoms with Crippen LogP contribution in [-0.2, 0) is 0 Å². The summed E-state index contributed by atoms with van der Waals surface area (Å²) in [4.78, 5) is 25.6. The lowest BCUT2D eigenvalue weighted by Gasteiger charge is -2.10. The molecular formula is C24H19FN6O3S. The molecule has 0 bridgehead atoms. The summed E-state index contributed by atoms with van der Waals surface area (Å²) in [7, 11) is 3.14. The van der Waals surface area contributed by atoms with Gasteiger partial charge in [0.15, 0.2) is 16.6 Å². The van der Waals surface area contributed by atoms with Crippen molar-refractivity contribution in [1.82, 2.24) is 15.0 Å². The number of halogens is 1. The van der Waals surface area contributed by atoms with E-state index in [1.807, 2.05) is 12.1 Å². The van der Waals surface area contributed by atoms with Gasteiger partial charge in [-0.1, -0.05) is 17.4 Å². The SMILES string of the molecule is COc1cc2ncnc(Nc3nc4ccc(NC(=O)Nc5cccc(F)c5)cc4s3)c2cc1OC. The number of hydrogen-bond acceptors (Lipinski definition) is 8. The summed E-state index contributed by atoms with van der Waals surface area (Å²) in [5, 5.41) is 9.97. The molecular weight excluding hydrogens is 471 g/mol. The van der Waals surface area contributed by atoms with Crippen molar-refractivity contribution in [3.8, 4) is 11.5 Å². The molecule has 0 unspecified atom stereocenters. The van der Waals surface area contributed by atoms with Crippen molar-refractivity contribution in [2.45, 2.75) is 0 Å². The zero-order valence-electron chi connectivity index (χ0n) is 18.6. The van der Waals surface area contributed by atoms with Crippen molar-refractivity contribution in [3.63, 3.8) is 0 Å². The molecule has 0 saturated carbocycles. The van der Waals surface area contributed by atoms with Gasteiger partial charge >= 0.3 is 6.03 Å². The molecule has 0 saturated heterocycles. The minimum absolute atomic E-state index is 0.360. The number of urea groups is 1. The van der Waals surface area contributed by atoms with Gasteiger partial charge in [-0.15, -0.1) is 0 Å². The number of thiazole rings is 1. The van der Waals surface area contributed by atoms with Crippen LogP contribution >= 0.6 is 11.3 Å². The quantitative estimate of drug-likeness (QED) is 0.277. The molecule has 2 heterocycles. The number of rotatable bonds is 6. The minimum atomic E-state index is -0.477. The van der Waals surface area contributed by atoms with Gasteiger partial charge in [-0.05, 0) is 42.5 Å². The number of nitrogens with zero attached hydrogens (tertiary/aromatic N) is 3. The molecule has 0 spiro atoms. The molecule has 0 fully saturated rings. The maximum absolute atomic E-state index is 13.3. The summed E-state index contributed by atoms with van der Waals surface area (Å²) < 4.78 is 24.9. The third-order valence-corrected chi connectivity index (χ3v) is 6.03. The van der Waals surface area contributed by atoms with E-state index in [2.05, 4.69) is 30.9 Å². The molecule has 176 valence electrons. The monoisotopic (exact) mass is 490 g/mol. The van der Waals surface area contributed by atoms with Crippen LogP contribution in [0.1, 0.15) is 0 Å². The fourth-order valence-corrected chi connectivity index (χ4v) is 4.40. The van der Waals surface area contributed by atoms with Gasteiger partial charge in [0, 0.05) is 22.8 Å². The van der Waals surface area contributed by atoms with E-state index >= 15 is 0 Å². The van der Waals surface area contributed by atoms with Crippen LogP contribution in [0.25, 0.3) is 21.1 Å². The number of hydrogen-bond donors (Lipinski definition) is 3. The number of carbonyl (C=O) groups is 1. The van der Waals surface area contributed by atoms with Crippen molar-refractivity contribution in [2.75, 3.05) is 30.2 Å². The summed E-state index contributed by atoms with van der Waals surface area (Å²) in [6.45, 7) is 0. The molecule has 0 atom stereocenters. The van der Waals surface area contributed by atoms with Crippen LogP contribution in [0.3, 0.4) is 0 Å². The first-order chi connectivity index (χ1) is 17.0. The Morgan fingerprint density at radius 3 is 2.46 bits per heavy atom. The Morgan fingerprint density at radius 2 is 1.69 bits per heavy atom. The van der Waals surface area contributed by atoms with Crippen molar-refractivity contribution in [1.29, 1.82) is 0 Å². The summed E-state index contributed by atoms with van der Waals surface area (Å²) >= 11 is 1.41. The normalized spacial score (nSPS) is 10.8. The van der Waals surface area contributed by atoms with E-state index in [1.54, 1.807) is 38.5 Å². The van der Waals surface area contributed by atoms with Gasteiger partial charge in [0.1, 0.15) is 18.0 Å². The lowest BCUT2D eigenvalue weighted by atomic mass is 10.2. The van der Waals surface area contributed by atoms with E-state index < -0.39 is 11.8 Å². The summed E-state index contributed by atoms with van der Waals surface area (Å²) in [6.07, 6.45) is 1.46. The standard InChI is InChI=1S/C24H19FN6O3S/c1-33-19-10-16-18(11-20(19)34-2)26-12-27-22(16)31-24-30-17-7-6-15(9-21(17)35-24)29-23(32)28-14-5-3-4-13(25)8-14/h3-12H,1-2H3,(H2,28,29,32)(H,26,27,30,31). The van der Waals surface area contributed by atoms with Gasteiger partial charge < -0.3 is 25.4 Å². The topological polar surface area (TPSA) is 110 Å². The zero-order chi connectivity index (χ0) is 24.4. The number of anilines is 4. The molecule has 0 aliphatic heterocycles. The van der Waals surface area contributed by atoms with Crippen LogP contribution in [-0.4, -0.2) is 35.2 Å². The number of benzene rings is 3. The average molecular weight is 491 g/mol. The lowest BCUT2D eigenvalue weighted by Crippen LogP contribution is -2.19. The number of methoxy groups -OCH3 is 2. The molecule has 0 radical (unpaired) electrons. The van der Waals surface area contributed by atoms with E-state index in [1.165, 1.54) is 35.9 Å². The maximum Gasteiger partial charge on any atom is 0.323 e. The number of nitrogens with one attached hydrogen (secondary N) is 3. The molecule has 3 N–H and O–H groups in total. The van der Waals surface area contributed by atoms with E-state index in [0.717, 1.165) is 15.6 Å². The van der Waals surface area contributed by atoms with Crippen LogP contribution < -0.4 is 25.4 Å². The Morgan fingerprint density at radius 1 is 0.914 bits per heavy atom. The highest BCUT2D eigenvalue weighted by molar-refractivity contribution is 7.22. The zero-order valence-corrected chi connectivity index (χ0v) is 19.4. The predicted molar refractivity (Wildman–Crippen MR) is 135 cm³/mol. The van der Waals surface area contributed by atoms with E-state index in [0.29, 0.717) is 39.3 Å². The van der Waals surface area contributed by atoms with Crippen molar-refractivity contribution >= 4 is 60.8 Å². The second-order valence-electron chi connectivity index (χ2n) is 7.36. The summed E-state index contributed by atoms with van der Waals surface area (Å²) in [5.74, 6) is 1.28. The molecule has 9 nitrogen and oxygen atoms in total. The molecule has 35 heavy (non-hydrogen) atoms. The largest absolute Gasteiger partial charge is 0.493 e. The third kappa shape index (κ3) is 4.75. The number of ether oxygens (including phenoxy) is 2. The molecule has 11 heteroatoms. The van der Waals surface area contributed by atoms with Crippen molar-refractivity contribution in [2.24, 2.45) is 0 Å².